The zero-order chi connectivity index (χ0) is 9.97. The molecule has 1 aromatic carbocycles. The molecule has 74 valence electrons. The molecule has 14 heavy (non-hydrogen) atoms. The van der Waals surface area contributed by atoms with Crippen molar-refractivity contribution in [2.75, 3.05) is 6.61 Å². The average molecular weight is 255 g/mol. The first-order chi connectivity index (χ1) is 6.75. The number of carbonyl (C=O) groups is 1. The predicted molar refractivity (Wildman–Crippen MR) is 57.1 cm³/mol. The molecule has 1 aromatic rings. The average Bonchev–Trinajstić information content (AvgIpc) is 2.21. The van der Waals surface area contributed by atoms with Gasteiger partial charge in [0.25, 0.3) is 0 Å². The number of hydrogen-bond donors (Lipinski definition) is 0. The molecule has 2 nitrogen and oxygen atoms in total. The first kappa shape index (κ1) is 9.87. The summed E-state index contributed by atoms with van der Waals surface area (Å²) in [7, 11) is 0. The van der Waals surface area contributed by atoms with Crippen LogP contribution < -0.4 is 0 Å². The number of ketones is 1. The van der Waals surface area contributed by atoms with Gasteiger partial charge in [-0.05, 0) is 24.1 Å². The highest BCUT2D eigenvalue weighted by Crippen LogP contribution is 2.27. The first-order valence-electron chi connectivity index (χ1n) is 4.64. The summed E-state index contributed by atoms with van der Waals surface area (Å²) in [5, 5.41) is 0. The molecule has 1 atom stereocenters. The molecular weight excluding hydrogens is 244 g/mol. The molecule has 1 fully saturated rings. The van der Waals surface area contributed by atoms with Crippen LogP contribution in [-0.4, -0.2) is 12.4 Å². The van der Waals surface area contributed by atoms with Crippen molar-refractivity contribution in [1.29, 1.82) is 0 Å². The van der Waals surface area contributed by atoms with Crippen LogP contribution in [0, 0.1) is 0 Å². The van der Waals surface area contributed by atoms with E-state index in [-0.39, 0.29) is 18.5 Å². The van der Waals surface area contributed by atoms with E-state index >= 15 is 0 Å². The van der Waals surface area contributed by atoms with Gasteiger partial charge in [-0.2, -0.15) is 0 Å². The maximum absolute atomic E-state index is 11.0. The van der Waals surface area contributed by atoms with Gasteiger partial charge in [-0.25, -0.2) is 0 Å². The van der Waals surface area contributed by atoms with Crippen molar-refractivity contribution < 1.29 is 9.53 Å². The van der Waals surface area contributed by atoms with Crippen molar-refractivity contribution in [3.05, 3.63) is 34.3 Å². The van der Waals surface area contributed by atoms with Crippen LogP contribution in [0.5, 0.6) is 0 Å². The Kier molecular flexibility index (Phi) is 2.99. The summed E-state index contributed by atoms with van der Waals surface area (Å²) in [5.74, 6) is 0.207. The van der Waals surface area contributed by atoms with E-state index in [1.54, 1.807) is 0 Å². The minimum absolute atomic E-state index is 0.0980. The van der Waals surface area contributed by atoms with Crippen molar-refractivity contribution in [3.63, 3.8) is 0 Å². The van der Waals surface area contributed by atoms with E-state index in [1.165, 1.54) is 0 Å². The van der Waals surface area contributed by atoms with Gasteiger partial charge in [-0.3, -0.25) is 4.79 Å². The highest BCUT2D eigenvalue weighted by Gasteiger charge is 2.20. The Morgan fingerprint density at radius 3 is 2.57 bits per heavy atom. The summed E-state index contributed by atoms with van der Waals surface area (Å²) in [5.41, 5.74) is 1.15. The minimum Gasteiger partial charge on any atom is -0.366 e. The van der Waals surface area contributed by atoms with E-state index in [0.29, 0.717) is 6.42 Å². The Labute approximate surface area is 91.4 Å². The van der Waals surface area contributed by atoms with Crippen molar-refractivity contribution in [2.45, 2.75) is 18.9 Å². The molecule has 0 N–H and O–H groups in total. The van der Waals surface area contributed by atoms with Crippen LogP contribution in [0.2, 0.25) is 0 Å². The molecule has 1 aliphatic heterocycles. The number of benzene rings is 1. The molecule has 0 aliphatic carbocycles. The third-order valence-corrected chi connectivity index (χ3v) is 2.90. The van der Waals surface area contributed by atoms with E-state index in [1.807, 2.05) is 24.3 Å². The van der Waals surface area contributed by atoms with Crippen molar-refractivity contribution >= 4 is 21.7 Å². The van der Waals surface area contributed by atoms with E-state index in [4.69, 9.17) is 4.74 Å². The maximum atomic E-state index is 11.0. The smallest absolute Gasteiger partial charge is 0.158 e. The third-order valence-electron chi connectivity index (χ3n) is 2.37. The van der Waals surface area contributed by atoms with Crippen molar-refractivity contribution in [2.24, 2.45) is 0 Å². The van der Waals surface area contributed by atoms with E-state index in [0.717, 1.165) is 16.5 Å². The van der Waals surface area contributed by atoms with Gasteiger partial charge < -0.3 is 4.74 Å². The molecule has 1 unspecified atom stereocenters. The maximum Gasteiger partial charge on any atom is 0.158 e. The van der Waals surface area contributed by atoms with Gasteiger partial charge in [0.1, 0.15) is 6.61 Å². The summed E-state index contributed by atoms with van der Waals surface area (Å²) in [6.45, 7) is 0.265. The molecule has 0 spiro atoms. The van der Waals surface area contributed by atoms with Crippen LogP contribution >= 0.6 is 15.9 Å². The Balaban J connectivity index is 2.08. The van der Waals surface area contributed by atoms with Crippen molar-refractivity contribution in [3.8, 4) is 0 Å². The summed E-state index contributed by atoms with van der Waals surface area (Å²) in [6.07, 6.45) is 1.54. The fraction of sp³-hybridized carbons (Fsp3) is 0.364. The van der Waals surface area contributed by atoms with Crippen LogP contribution in [0.15, 0.2) is 28.7 Å². The van der Waals surface area contributed by atoms with Crippen LogP contribution in [-0.2, 0) is 9.53 Å². The second-order valence-electron chi connectivity index (χ2n) is 3.43. The summed E-state index contributed by atoms with van der Waals surface area (Å²) in [4.78, 5) is 11.0. The summed E-state index contributed by atoms with van der Waals surface area (Å²) in [6, 6.07) is 8.05. The van der Waals surface area contributed by atoms with Crippen LogP contribution in [0.3, 0.4) is 0 Å². The monoisotopic (exact) mass is 254 g/mol. The lowest BCUT2D eigenvalue weighted by molar-refractivity contribution is -0.131. The molecule has 0 radical (unpaired) electrons. The highest BCUT2D eigenvalue weighted by molar-refractivity contribution is 9.10. The molecule has 0 bridgehead atoms. The molecular formula is C11H11BrO2. The largest absolute Gasteiger partial charge is 0.366 e. The van der Waals surface area contributed by atoms with E-state index in [2.05, 4.69) is 15.9 Å². The van der Waals surface area contributed by atoms with Gasteiger partial charge in [0.05, 0.1) is 6.10 Å². The van der Waals surface area contributed by atoms with Gasteiger partial charge in [0, 0.05) is 10.9 Å². The molecule has 1 heterocycles. The lowest BCUT2D eigenvalue weighted by atomic mass is 10.0. The van der Waals surface area contributed by atoms with E-state index in [9.17, 15) is 4.79 Å². The second-order valence-corrected chi connectivity index (χ2v) is 4.34. The number of ether oxygens (including phenoxy) is 1. The lowest BCUT2D eigenvalue weighted by Gasteiger charge is -2.22. The first-order valence-corrected chi connectivity index (χ1v) is 5.44. The van der Waals surface area contributed by atoms with Crippen LogP contribution in [0.4, 0.5) is 0 Å². The normalized spacial score (nSPS) is 22.4. The number of hydrogen-bond acceptors (Lipinski definition) is 2. The zero-order valence-corrected chi connectivity index (χ0v) is 9.29. The third kappa shape index (κ3) is 2.22. The minimum atomic E-state index is 0.0980. The summed E-state index contributed by atoms with van der Waals surface area (Å²) >= 11 is 3.38. The molecule has 0 amide bonds. The molecule has 0 aromatic heterocycles. The lowest BCUT2D eigenvalue weighted by Crippen LogP contribution is -2.20. The Hall–Kier alpha value is -0.670. The summed E-state index contributed by atoms with van der Waals surface area (Å²) < 4.78 is 6.51. The van der Waals surface area contributed by atoms with Gasteiger partial charge in [-0.1, -0.05) is 28.1 Å². The topological polar surface area (TPSA) is 26.3 Å². The standard InChI is InChI=1S/C11H11BrO2/c12-9-3-1-8(2-4-9)11-6-5-10(13)7-14-11/h1-4,11H,5-7H2. The van der Waals surface area contributed by atoms with Gasteiger partial charge in [0.2, 0.25) is 0 Å². The SMILES string of the molecule is O=C1CCC(c2ccc(Br)cc2)OC1. The van der Waals surface area contributed by atoms with Crippen LogP contribution in [0.25, 0.3) is 0 Å². The van der Waals surface area contributed by atoms with Gasteiger partial charge in [-0.15, -0.1) is 0 Å². The molecule has 0 saturated carbocycles. The van der Waals surface area contributed by atoms with Gasteiger partial charge >= 0.3 is 0 Å². The second kappa shape index (κ2) is 4.24. The fourth-order valence-corrected chi connectivity index (χ4v) is 1.85. The molecule has 3 heteroatoms. The Morgan fingerprint density at radius 1 is 1.29 bits per heavy atom. The van der Waals surface area contributed by atoms with Crippen LogP contribution in [0.1, 0.15) is 24.5 Å². The molecule has 2 rings (SSSR count). The Bertz CT molecular complexity index is 322. The fourth-order valence-electron chi connectivity index (χ4n) is 1.58. The number of rotatable bonds is 1. The predicted octanol–water partition coefficient (Wildman–Crippen LogP) is 2.87. The molecule has 1 aliphatic rings. The molecule has 1 saturated heterocycles. The quantitative estimate of drug-likeness (QED) is 0.771. The van der Waals surface area contributed by atoms with Crippen molar-refractivity contribution in [1.82, 2.24) is 0 Å². The highest BCUT2D eigenvalue weighted by atomic mass is 79.9. The zero-order valence-electron chi connectivity index (χ0n) is 7.70. The van der Waals surface area contributed by atoms with Gasteiger partial charge in [0.15, 0.2) is 5.78 Å². The number of carbonyl (C=O) groups excluding carboxylic acids is 1. The number of Topliss-reactive ketones (excluding diaryl/α,β-unsaturated/α-hetero) is 1. The number of halogens is 1. The Morgan fingerprint density at radius 2 is 2.00 bits per heavy atom. The van der Waals surface area contributed by atoms with E-state index < -0.39 is 0 Å².